The van der Waals surface area contributed by atoms with E-state index in [1.807, 2.05) is 6.07 Å². The number of aryl methyl sites for hydroxylation is 1. The number of para-hydroxylation sites is 1. The molecule has 0 saturated carbocycles. The molecule has 5 nitrogen and oxygen atoms in total. The average Bonchev–Trinajstić information content (AvgIpc) is 2.63. The first-order valence-electron chi connectivity index (χ1n) is 9.46. The molecule has 0 spiro atoms. The van der Waals surface area contributed by atoms with Crippen LogP contribution in [0.2, 0.25) is 0 Å². The van der Waals surface area contributed by atoms with Gasteiger partial charge in [0.2, 0.25) is 0 Å². The summed E-state index contributed by atoms with van der Waals surface area (Å²) in [5, 5.41) is 12.4. The van der Waals surface area contributed by atoms with Crippen LogP contribution in [0.4, 0.5) is 0 Å². The number of rotatable bonds is 11. The van der Waals surface area contributed by atoms with Crippen LogP contribution in [0.25, 0.3) is 0 Å². The molecule has 7 heteroatoms. The van der Waals surface area contributed by atoms with E-state index in [4.69, 9.17) is 4.74 Å². The van der Waals surface area contributed by atoms with Crippen LogP contribution in [0.3, 0.4) is 0 Å². The predicted molar refractivity (Wildman–Crippen MR) is 104 cm³/mol. The van der Waals surface area contributed by atoms with Crippen molar-refractivity contribution >= 4 is 10.1 Å². The largest absolute Gasteiger partial charge is 1.00 e. The van der Waals surface area contributed by atoms with Crippen LogP contribution in [0.1, 0.15) is 57.4 Å². The number of ether oxygens (including phenoxy) is 1. The summed E-state index contributed by atoms with van der Waals surface area (Å²) in [4.78, 5) is -0.383. The normalized spacial score (nSPS) is 11.1. The van der Waals surface area contributed by atoms with Crippen molar-refractivity contribution in [3.63, 3.8) is 0 Å². The van der Waals surface area contributed by atoms with Gasteiger partial charge in [-0.15, -0.1) is 0 Å². The molecular formula is C21H27NaO5S. The SMILES string of the molecule is CCCCCCCCCc1cc(S(=O)(=O)O)cc([O-])c1Oc1ccccc1.[Na+]. The van der Waals surface area contributed by atoms with Gasteiger partial charge in [0.15, 0.2) is 0 Å². The van der Waals surface area contributed by atoms with Gasteiger partial charge in [0.25, 0.3) is 10.1 Å². The Balaban J connectivity index is 0.00000392. The molecule has 0 atom stereocenters. The molecule has 0 heterocycles. The Bertz CT molecular complexity index is 822. The van der Waals surface area contributed by atoms with E-state index in [9.17, 15) is 18.1 Å². The van der Waals surface area contributed by atoms with Crippen LogP contribution in [0, 0.1) is 0 Å². The number of hydrogen-bond donors (Lipinski definition) is 1. The fourth-order valence-corrected chi connectivity index (χ4v) is 3.51. The molecule has 0 fully saturated rings. The Morgan fingerprint density at radius 1 is 0.964 bits per heavy atom. The smallest absolute Gasteiger partial charge is 0.870 e. The first kappa shape index (κ1) is 25.0. The minimum Gasteiger partial charge on any atom is -0.870 e. The van der Waals surface area contributed by atoms with Crippen LogP contribution in [0.15, 0.2) is 47.4 Å². The third kappa shape index (κ3) is 8.13. The van der Waals surface area contributed by atoms with Gasteiger partial charge in [0.1, 0.15) is 11.5 Å². The van der Waals surface area contributed by atoms with Crippen molar-refractivity contribution in [2.24, 2.45) is 0 Å². The van der Waals surface area contributed by atoms with Crippen molar-refractivity contribution < 1.29 is 52.4 Å². The number of hydrogen-bond acceptors (Lipinski definition) is 4. The molecule has 0 aromatic heterocycles. The second-order valence-corrected chi connectivity index (χ2v) is 8.09. The Labute approximate surface area is 190 Å². The van der Waals surface area contributed by atoms with Crippen LogP contribution in [0.5, 0.6) is 17.2 Å². The molecule has 28 heavy (non-hydrogen) atoms. The van der Waals surface area contributed by atoms with Gasteiger partial charge < -0.3 is 9.84 Å². The molecule has 1 N–H and O–H groups in total. The zero-order valence-electron chi connectivity index (χ0n) is 16.7. The third-order valence-electron chi connectivity index (χ3n) is 4.42. The van der Waals surface area contributed by atoms with Crippen LogP contribution < -0.4 is 39.4 Å². The second-order valence-electron chi connectivity index (χ2n) is 6.67. The molecule has 2 aromatic rings. The summed E-state index contributed by atoms with van der Waals surface area (Å²) >= 11 is 0. The van der Waals surface area contributed by atoms with Gasteiger partial charge in [0, 0.05) is 0 Å². The van der Waals surface area contributed by atoms with Gasteiger partial charge in [-0.05, 0) is 42.7 Å². The van der Waals surface area contributed by atoms with Gasteiger partial charge in [0.05, 0.1) is 4.90 Å². The minimum atomic E-state index is -4.44. The molecule has 2 rings (SSSR count). The number of benzene rings is 2. The average molecular weight is 414 g/mol. The molecule has 2 aromatic carbocycles. The molecule has 148 valence electrons. The van der Waals surface area contributed by atoms with Crippen molar-refractivity contribution in [2.75, 3.05) is 0 Å². The van der Waals surface area contributed by atoms with Crippen LogP contribution >= 0.6 is 0 Å². The van der Waals surface area contributed by atoms with Gasteiger partial charge >= 0.3 is 29.6 Å². The maximum Gasteiger partial charge on any atom is 1.00 e. The maximum atomic E-state index is 12.4. The van der Waals surface area contributed by atoms with Crippen molar-refractivity contribution in [1.29, 1.82) is 0 Å². The molecule has 0 aliphatic carbocycles. The van der Waals surface area contributed by atoms with E-state index in [1.165, 1.54) is 31.7 Å². The van der Waals surface area contributed by atoms with Crippen molar-refractivity contribution in [2.45, 2.75) is 63.2 Å². The fourth-order valence-electron chi connectivity index (χ4n) is 2.96. The number of unbranched alkanes of at least 4 members (excludes halogenated alkanes) is 6. The van der Waals surface area contributed by atoms with E-state index >= 15 is 0 Å². The fraction of sp³-hybridized carbons (Fsp3) is 0.429. The summed E-state index contributed by atoms with van der Waals surface area (Å²) in [6.45, 7) is 2.18. The standard InChI is InChI=1S/C21H28O5S.Na/c1-2-3-4-5-6-7-9-12-17-15-19(27(23,24)25)16-20(22)21(17)26-18-13-10-8-11-14-18;/h8,10-11,13-16,22H,2-7,9,12H2,1H3,(H,23,24,25);/q;+1/p-1. The zero-order valence-corrected chi connectivity index (χ0v) is 19.5. The predicted octanol–water partition coefficient (Wildman–Crippen LogP) is 2.10. The van der Waals surface area contributed by atoms with Crippen LogP contribution in [-0.2, 0) is 16.5 Å². The summed E-state index contributed by atoms with van der Waals surface area (Å²) in [5.41, 5.74) is 0.507. The molecule has 0 bridgehead atoms. The first-order chi connectivity index (χ1) is 12.9. The van der Waals surface area contributed by atoms with Crippen LogP contribution in [-0.4, -0.2) is 13.0 Å². The zero-order chi connectivity index (χ0) is 19.7. The summed E-state index contributed by atoms with van der Waals surface area (Å²) in [6.07, 6.45) is 8.30. The molecule has 0 saturated heterocycles. The van der Waals surface area contributed by atoms with E-state index in [0.717, 1.165) is 25.3 Å². The molecule has 0 unspecified atom stereocenters. The Kier molecular flexibility index (Phi) is 11.2. The van der Waals surface area contributed by atoms with Gasteiger partial charge in [-0.25, -0.2) is 0 Å². The van der Waals surface area contributed by atoms with Crippen molar-refractivity contribution in [1.82, 2.24) is 0 Å². The molecule has 0 aliphatic rings. The second kappa shape index (κ2) is 12.5. The summed E-state index contributed by atoms with van der Waals surface area (Å²) < 4.78 is 38.0. The Morgan fingerprint density at radius 2 is 1.57 bits per heavy atom. The molecule has 0 amide bonds. The van der Waals surface area contributed by atoms with Gasteiger partial charge in [-0.3, -0.25) is 4.55 Å². The third-order valence-corrected chi connectivity index (χ3v) is 5.25. The van der Waals surface area contributed by atoms with E-state index in [0.29, 0.717) is 17.7 Å². The first-order valence-corrected chi connectivity index (χ1v) is 10.9. The topological polar surface area (TPSA) is 86.7 Å². The Morgan fingerprint density at radius 3 is 2.18 bits per heavy atom. The maximum absolute atomic E-state index is 12.4. The van der Waals surface area contributed by atoms with E-state index in [1.54, 1.807) is 24.3 Å². The van der Waals surface area contributed by atoms with E-state index in [-0.39, 0.29) is 40.2 Å². The summed E-state index contributed by atoms with van der Waals surface area (Å²) in [6, 6.07) is 11.1. The van der Waals surface area contributed by atoms with Crippen molar-refractivity contribution in [3.05, 3.63) is 48.0 Å². The van der Waals surface area contributed by atoms with Gasteiger partial charge in [-0.1, -0.05) is 69.4 Å². The minimum absolute atomic E-state index is 0. The van der Waals surface area contributed by atoms with E-state index < -0.39 is 15.9 Å². The quantitative estimate of drug-likeness (QED) is 0.346. The monoisotopic (exact) mass is 414 g/mol. The van der Waals surface area contributed by atoms with E-state index in [2.05, 4.69) is 6.92 Å². The molecular weight excluding hydrogens is 387 g/mol. The molecule has 0 aliphatic heterocycles. The van der Waals surface area contributed by atoms with Crippen molar-refractivity contribution in [3.8, 4) is 17.2 Å². The Hall–Kier alpha value is -1.05. The van der Waals surface area contributed by atoms with Gasteiger partial charge in [-0.2, -0.15) is 8.42 Å². The summed E-state index contributed by atoms with van der Waals surface area (Å²) in [7, 11) is -4.44. The summed E-state index contributed by atoms with van der Waals surface area (Å²) in [5.74, 6) is 0.0847. The molecule has 0 radical (unpaired) electrons.